The minimum atomic E-state index is -0.451. The van der Waals surface area contributed by atoms with Gasteiger partial charge in [0.2, 0.25) is 0 Å². The average Bonchev–Trinajstić information content (AvgIpc) is 2.77. The van der Waals surface area contributed by atoms with Crippen molar-refractivity contribution in [2.45, 2.75) is 19.4 Å². The molecule has 1 N–H and O–H groups in total. The third-order valence-electron chi connectivity index (χ3n) is 3.40. The summed E-state index contributed by atoms with van der Waals surface area (Å²) in [6, 6.07) is 4.93. The van der Waals surface area contributed by atoms with E-state index in [1.54, 1.807) is 19.1 Å². The summed E-state index contributed by atoms with van der Waals surface area (Å²) in [4.78, 5) is 12.5. The van der Waals surface area contributed by atoms with Crippen molar-refractivity contribution < 1.29 is 10.0 Å². The van der Waals surface area contributed by atoms with Crippen molar-refractivity contribution in [3.63, 3.8) is 0 Å². The van der Waals surface area contributed by atoms with Crippen molar-refractivity contribution >= 4 is 23.0 Å². The van der Waals surface area contributed by atoms with Crippen molar-refractivity contribution in [3.8, 4) is 0 Å². The second kappa shape index (κ2) is 5.12. The molecule has 0 amide bonds. The van der Waals surface area contributed by atoms with Crippen LogP contribution in [0.5, 0.6) is 0 Å². The van der Waals surface area contributed by atoms with Gasteiger partial charge in [-0.2, -0.15) is 0 Å². The molecule has 2 rings (SSSR count). The molecule has 1 saturated heterocycles. The van der Waals surface area contributed by atoms with Gasteiger partial charge in [0.1, 0.15) is 10.7 Å². The maximum atomic E-state index is 11.1. The van der Waals surface area contributed by atoms with Crippen molar-refractivity contribution in [1.29, 1.82) is 0 Å². The van der Waals surface area contributed by atoms with Gasteiger partial charge in [-0.15, -0.1) is 0 Å². The van der Waals surface area contributed by atoms with E-state index in [1.807, 2.05) is 4.90 Å². The molecule has 2 unspecified atom stereocenters. The summed E-state index contributed by atoms with van der Waals surface area (Å²) in [6.07, 6.45) is 0.440. The maximum Gasteiger partial charge on any atom is 0.310 e. The first-order valence-corrected chi connectivity index (χ1v) is 6.24. The molecular formula is C12H15ClN2O3. The number of hydrogen-bond acceptors (Lipinski definition) is 4. The van der Waals surface area contributed by atoms with Crippen LogP contribution in [0.15, 0.2) is 18.2 Å². The zero-order valence-corrected chi connectivity index (χ0v) is 10.8. The molecule has 0 aliphatic carbocycles. The Hall–Kier alpha value is -1.33. The normalized spacial score (nSPS) is 21.1. The van der Waals surface area contributed by atoms with Crippen LogP contribution < -0.4 is 4.90 Å². The Morgan fingerprint density at radius 2 is 2.33 bits per heavy atom. The van der Waals surface area contributed by atoms with E-state index in [9.17, 15) is 15.2 Å². The fourth-order valence-electron chi connectivity index (χ4n) is 2.34. The number of nitro groups is 1. The lowest BCUT2D eigenvalue weighted by molar-refractivity contribution is -0.384. The number of nitro benzene ring substituents is 1. The van der Waals surface area contributed by atoms with Crippen LogP contribution in [0.1, 0.15) is 13.3 Å². The summed E-state index contributed by atoms with van der Waals surface area (Å²) in [7, 11) is 0. The van der Waals surface area contributed by atoms with Crippen molar-refractivity contribution in [2.75, 3.05) is 18.0 Å². The molecule has 0 radical (unpaired) electrons. The van der Waals surface area contributed by atoms with Crippen molar-refractivity contribution in [3.05, 3.63) is 33.3 Å². The van der Waals surface area contributed by atoms with E-state index in [4.69, 9.17) is 11.6 Å². The molecule has 98 valence electrons. The molecule has 1 fully saturated rings. The molecule has 6 heteroatoms. The van der Waals surface area contributed by atoms with Gasteiger partial charge in [-0.1, -0.05) is 17.7 Å². The second-order valence-electron chi connectivity index (χ2n) is 4.60. The van der Waals surface area contributed by atoms with E-state index in [1.165, 1.54) is 6.07 Å². The first kappa shape index (κ1) is 13.1. The molecule has 18 heavy (non-hydrogen) atoms. The molecular weight excluding hydrogens is 256 g/mol. The van der Waals surface area contributed by atoms with E-state index in [-0.39, 0.29) is 16.6 Å². The van der Waals surface area contributed by atoms with Crippen LogP contribution in [-0.2, 0) is 0 Å². The van der Waals surface area contributed by atoms with Gasteiger partial charge in [-0.3, -0.25) is 10.1 Å². The van der Waals surface area contributed by atoms with Crippen LogP contribution in [0.3, 0.4) is 0 Å². The summed E-state index contributed by atoms with van der Waals surface area (Å²) in [6.45, 7) is 3.08. The van der Waals surface area contributed by atoms with Gasteiger partial charge in [-0.05, 0) is 25.5 Å². The lowest BCUT2D eigenvalue weighted by Crippen LogP contribution is -2.24. The topological polar surface area (TPSA) is 66.6 Å². The zero-order chi connectivity index (χ0) is 13.3. The zero-order valence-electron chi connectivity index (χ0n) is 10.0. The van der Waals surface area contributed by atoms with Gasteiger partial charge < -0.3 is 10.0 Å². The van der Waals surface area contributed by atoms with Gasteiger partial charge in [0.05, 0.1) is 11.0 Å². The molecule has 2 atom stereocenters. The van der Waals surface area contributed by atoms with Gasteiger partial charge in [0.25, 0.3) is 0 Å². The first-order chi connectivity index (χ1) is 8.50. The fraction of sp³-hybridized carbons (Fsp3) is 0.500. The van der Waals surface area contributed by atoms with E-state index in [0.29, 0.717) is 18.8 Å². The minimum absolute atomic E-state index is 0.0505. The first-order valence-electron chi connectivity index (χ1n) is 5.86. The van der Waals surface area contributed by atoms with Crippen LogP contribution in [-0.4, -0.2) is 29.2 Å². The van der Waals surface area contributed by atoms with Crippen LogP contribution >= 0.6 is 11.6 Å². The highest BCUT2D eigenvalue weighted by Gasteiger charge is 2.30. The Morgan fingerprint density at radius 1 is 1.61 bits per heavy atom. The third-order valence-corrected chi connectivity index (χ3v) is 3.70. The SMILES string of the molecule is CC(O)C1CCN(c2cccc(Cl)c2[N+](=O)[O-])C1. The standard InChI is InChI=1S/C12H15ClN2O3/c1-8(16)9-5-6-14(7-9)11-4-2-3-10(13)12(11)15(17)18/h2-4,8-9,16H,5-7H2,1H3. The third kappa shape index (κ3) is 2.42. The van der Waals surface area contributed by atoms with Crippen LogP contribution in [0, 0.1) is 16.0 Å². The summed E-state index contributed by atoms with van der Waals surface area (Å²) in [5.41, 5.74) is 0.487. The molecule has 5 nitrogen and oxygen atoms in total. The molecule has 1 heterocycles. The van der Waals surface area contributed by atoms with E-state index < -0.39 is 11.0 Å². The largest absolute Gasteiger partial charge is 0.393 e. The predicted molar refractivity (Wildman–Crippen MR) is 70.1 cm³/mol. The maximum absolute atomic E-state index is 11.1. The van der Waals surface area contributed by atoms with Crippen molar-refractivity contribution in [1.82, 2.24) is 0 Å². The smallest absolute Gasteiger partial charge is 0.310 e. The van der Waals surface area contributed by atoms with Gasteiger partial charge in [-0.25, -0.2) is 0 Å². The van der Waals surface area contributed by atoms with E-state index >= 15 is 0 Å². The lowest BCUT2D eigenvalue weighted by Gasteiger charge is -2.19. The Morgan fingerprint density at radius 3 is 2.89 bits per heavy atom. The number of aliphatic hydroxyl groups is 1. The van der Waals surface area contributed by atoms with Gasteiger partial charge in [0.15, 0.2) is 0 Å². The highest BCUT2D eigenvalue weighted by atomic mass is 35.5. The quantitative estimate of drug-likeness (QED) is 0.677. The highest BCUT2D eigenvalue weighted by molar-refractivity contribution is 6.33. The molecule has 1 aliphatic rings. The summed E-state index contributed by atoms with van der Waals surface area (Å²) >= 11 is 5.88. The predicted octanol–water partition coefficient (Wildman–Crippen LogP) is 2.46. The Bertz CT molecular complexity index is 465. The number of halogens is 1. The number of hydrogen-bond donors (Lipinski definition) is 1. The summed E-state index contributed by atoms with van der Waals surface area (Å²) in [5, 5.41) is 20.8. The number of benzene rings is 1. The Kier molecular flexibility index (Phi) is 3.73. The Labute approximate surface area is 110 Å². The number of rotatable bonds is 3. The van der Waals surface area contributed by atoms with Gasteiger partial charge in [0, 0.05) is 19.0 Å². The number of nitrogens with zero attached hydrogens (tertiary/aromatic N) is 2. The molecule has 0 spiro atoms. The molecule has 1 aliphatic heterocycles. The molecule has 1 aromatic rings. The highest BCUT2D eigenvalue weighted by Crippen LogP contribution is 2.37. The molecule has 0 bridgehead atoms. The second-order valence-corrected chi connectivity index (χ2v) is 5.01. The number of aliphatic hydroxyl groups excluding tert-OH is 1. The average molecular weight is 271 g/mol. The van der Waals surface area contributed by atoms with Crippen LogP contribution in [0.4, 0.5) is 11.4 Å². The number of anilines is 1. The molecule has 0 saturated carbocycles. The summed E-state index contributed by atoms with van der Waals surface area (Å²) < 4.78 is 0. The van der Waals surface area contributed by atoms with Gasteiger partial charge >= 0.3 is 5.69 Å². The minimum Gasteiger partial charge on any atom is -0.393 e. The molecule has 0 aromatic heterocycles. The fourth-order valence-corrected chi connectivity index (χ4v) is 2.58. The van der Waals surface area contributed by atoms with Crippen LogP contribution in [0.2, 0.25) is 5.02 Å². The van der Waals surface area contributed by atoms with E-state index in [0.717, 1.165) is 6.42 Å². The number of para-hydroxylation sites is 1. The molecule has 1 aromatic carbocycles. The monoisotopic (exact) mass is 270 g/mol. The van der Waals surface area contributed by atoms with Crippen LogP contribution in [0.25, 0.3) is 0 Å². The summed E-state index contributed by atoms with van der Waals surface area (Å²) in [5.74, 6) is 0.156. The van der Waals surface area contributed by atoms with Crippen molar-refractivity contribution in [2.24, 2.45) is 5.92 Å². The Balaban J connectivity index is 2.30. The van der Waals surface area contributed by atoms with E-state index in [2.05, 4.69) is 0 Å². The lowest BCUT2D eigenvalue weighted by atomic mass is 10.0.